The van der Waals surface area contributed by atoms with Gasteiger partial charge in [-0.3, -0.25) is 4.79 Å². The van der Waals surface area contributed by atoms with Crippen molar-refractivity contribution in [3.05, 3.63) is 58.5 Å². The lowest BCUT2D eigenvalue weighted by Gasteiger charge is -2.00. The molecular formula is C18H14N2O3S. The first-order valence-corrected chi connectivity index (χ1v) is 8.25. The molecule has 0 spiro atoms. The predicted molar refractivity (Wildman–Crippen MR) is 94.5 cm³/mol. The third-order valence-corrected chi connectivity index (χ3v) is 4.51. The molecule has 5 nitrogen and oxygen atoms in total. The molecule has 1 N–H and O–H groups in total. The molecule has 0 radical (unpaired) electrons. The summed E-state index contributed by atoms with van der Waals surface area (Å²) in [5.41, 5.74) is 2.76. The van der Waals surface area contributed by atoms with Gasteiger partial charge in [-0.15, -0.1) is 0 Å². The summed E-state index contributed by atoms with van der Waals surface area (Å²) in [6.07, 6.45) is 1.80. The maximum absolute atomic E-state index is 12.2. The number of carbonyl (C=O) groups excluding carboxylic acids is 1. The van der Waals surface area contributed by atoms with E-state index >= 15 is 0 Å². The molecule has 2 aliphatic rings. The molecule has 1 amide bonds. The number of nitrogens with zero attached hydrogens (tertiary/aromatic N) is 1. The van der Waals surface area contributed by atoms with Gasteiger partial charge in [0, 0.05) is 5.56 Å². The predicted octanol–water partition coefficient (Wildman–Crippen LogP) is 3.62. The van der Waals surface area contributed by atoms with Crippen molar-refractivity contribution in [2.24, 2.45) is 4.99 Å². The van der Waals surface area contributed by atoms with Gasteiger partial charge in [0.2, 0.25) is 6.79 Å². The number of nitrogens with one attached hydrogen (secondary N) is 1. The standard InChI is InChI=1S/C18H14N2O3S/c1-11-4-2-6-13(8-11)19-18-20-17(21)15(24-18)9-12-5-3-7-14-16(12)23-10-22-14/h2-9H,10H2,1H3,(H,19,20,21). The van der Waals surface area contributed by atoms with Gasteiger partial charge in [-0.2, -0.15) is 0 Å². The average Bonchev–Trinajstić information content (AvgIpc) is 3.15. The van der Waals surface area contributed by atoms with Crippen molar-refractivity contribution in [1.29, 1.82) is 0 Å². The maximum atomic E-state index is 12.2. The van der Waals surface area contributed by atoms with E-state index in [-0.39, 0.29) is 12.7 Å². The zero-order valence-electron chi connectivity index (χ0n) is 12.9. The number of hydrogen-bond donors (Lipinski definition) is 1. The van der Waals surface area contributed by atoms with Crippen LogP contribution in [0.25, 0.3) is 6.08 Å². The lowest BCUT2D eigenvalue weighted by molar-refractivity contribution is -0.115. The third kappa shape index (κ3) is 2.88. The van der Waals surface area contributed by atoms with Gasteiger partial charge in [0.25, 0.3) is 5.91 Å². The number of amidine groups is 1. The van der Waals surface area contributed by atoms with Crippen LogP contribution in [0.5, 0.6) is 11.5 Å². The molecule has 0 saturated carbocycles. The Labute approximate surface area is 143 Å². The molecule has 2 aromatic rings. The van der Waals surface area contributed by atoms with E-state index in [4.69, 9.17) is 9.47 Å². The van der Waals surface area contributed by atoms with E-state index in [1.807, 2.05) is 49.4 Å². The number of hydrogen-bond acceptors (Lipinski definition) is 5. The smallest absolute Gasteiger partial charge is 0.264 e. The van der Waals surface area contributed by atoms with Gasteiger partial charge < -0.3 is 14.8 Å². The maximum Gasteiger partial charge on any atom is 0.264 e. The Hall–Kier alpha value is -2.73. The second kappa shape index (κ2) is 6.05. The van der Waals surface area contributed by atoms with E-state index in [2.05, 4.69) is 10.3 Å². The molecule has 1 saturated heterocycles. The zero-order chi connectivity index (χ0) is 16.5. The molecule has 0 aliphatic carbocycles. The number of amides is 1. The molecule has 24 heavy (non-hydrogen) atoms. The number of fused-ring (bicyclic) bond motifs is 1. The molecule has 4 rings (SSSR count). The molecule has 0 unspecified atom stereocenters. The van der Waals surface area contributed by atoms with E-state index in [0.29, 0.717) is 21.6 Å². The summed E-state index contributed by atoms with van der Waals surface area (Å²) in [4.78, 5) is 17.3. The molecule has 0 atom stereocenters. The van der Waals surface area contributed by atoms with Crippen LogP contribution in [-0.2, 0) is 4.79 Å². The number of aryl methyl sites for hydroxylation is 1. The van der Waals surface area contributed by atoms with Gasteiger partial charge in [-0.1, -0.05) is 24.3 Å². The van der Waals surface area contributed by atoms with E-state index in [9.17, 15) is 4.79 Å². The van der Waals surface area contributed by atoms with Crippen molar-refractivity contribution in [3.63, 3.8) is 0 Å². The minimum Gasteiger partial charge on any atom is -0.454 e. The van der Waals surface area contributed by atoms with Crippen LogP contribution in [0.1, 0.15) is 11.1 Å². The summed E-state index contributed by atoms with van der Waals surface area (Å²) in [7, 11) is 0. The first kappa shape index (κ1) is 14.8. The molecule has 6 heteroatoms. The summed E-state index contributed by atoms with van der Waals surface area (Å²) in [6.45, 7) is 2.21. The summed E-state index contributed by atoms with van der Waals surface area (Å²) < 4.78 is 10.8. The highest BCUT2D eigenvalue weighted by Crippen LogP contribution is 2.38. The fraction of sp³-hybridized carbons (Fsp3) is 0.111. The molecule has 0 aromatic heterocycles. The first-order valence-electron chi connectivity index (χ1n) is 7.44. The Morgan fingerprint density at radius 2 is 2.08 bits per heavy atom. The largest absolute Gasteiger partial charge is 0.454 e. The van der Waals surface area contributed by atoms with Crippen molar-refractivity contribution >= 4 is 34.6 Å². The van der Waals surface area contributed by atoms with Gasteiger partial charge in [-0.05, 0) is 48.5 Å². The van der Waals surface area contributed by atoms with Gasteiger partial charge in [0.15, 0.2) is 16.7 Å². The lowest BCUT2D eigenvalue weighted by atomic mass is 10.1. The molecular weight excluding hydrogens is 324 g/mol. The number of para-hydroxylation sites is 1. The highest BCUT2D eigenvalue weighted by atomic mass is 32.2. The Morgan fingerprint density at radius 3 is 2.96 bits per heavy atom. The number of thioether (sulfide) groups is 1. The topological polar surface area (TPSA) is 59.9 Å². The molecule has 1 fully saturated rings. The van der Waals surface area contributed by atoms with Gasteiger partial charge in [-0.25, -0.2) is 4.99 Å². The fourth-order valence-electron chi connectivity index (χ4n) is 2.50. The number of benzene rings is 2. The van der Waals surface area contributed by atoms with Crippen LogP contribution >= 0.6 is 11.8 Å². The first-order chi connectivity index (χ1) is 11.7. The van der Waals surface area contributed by atoms with Crippen LogP contribution in [0.2, 0.25) is 0 Å². The average molecular weight is 338 g/mol. The molecule has 0 bridgehead atoms. The van der Waals surface area contributed by atoms with Crippen molar-refractivity contribution in [1.82, 2.24) is 5.32 Å². The molecule has 2 aromatic carbocycles. The van der Waals surface area contributed by atoms with E-state index in [1.54, 1.807) is 6.08 Å². The quantitative estimate of drug-likeness (QED) is 0.850. The summed E-state index contributed by atoms with van der Waals surface area (Å²) >= 11 is 1.31. The summed E-state index contributed by atoms with van der Waals surface area (Å²) in [5.74, 6) is 1.20. The summed E-state index contributed by atoms with van der Waals surface area (Å²) in [5, 5.41) is 3.36. The fourth-order valence-corrected chi connectivity index (χ4v) is 3.34. The van der Waals surface area contributed by atoms with Crippen molar-refractivity contribution in [3.8, 4) is 11.5 Å². The minimum atomic E-state index is -0.164. The van der Waals surface area contributed by atoms with Crippen LogP contribution in [0, 0.1) is 6.92 Å². The Kier molecular flexibility index (Phi) is 3.74. The van der Waals surface area contributed by atoms with E-state index in [0.717, 1.165) is 16.8 Å². The van der Waals surface area contributed by atoms with Crippen LogP contribution in [0.15, 0.2) is 52.4 Å². The van der Waals surface area contributed by atoms with Gasteiger partial charge in [0.1, 0.15) is 0 Å². The lowest BCUT2D eigenvalue weighted by Crippen LogP contribution is -2.19. The highest BCUT2D eigenvalue weighted by molar-refractivity contribution is 8.18. The molecule has 2 heterocycles. The third-order valence-electron chi connectivity index (χ3n) is 3.60. The second-order valence-corrected chi connectivity index (χ2v) is 6.43. The van der Waals surface area contributed by atoms with E-state index in [1.165, 1.54) is 11.8 Å². The Morgan fingerprint density at radius 1 is 1.21 bits per heavy atom. The highest BCUT2D eigenvalue weighted by Gasteiger charge is 2.25. The van der Waals surface area contributed by atoms with Crippen molar-refractivity contribution < 1.29 is 14.3 Å². The van der Waals surface area contributed by atoms with Gasteiger partial charge >= 0.3 is 0 Å². The van der Waals surface area contributed by atoms with Gasteiger partial charge in [0.05, 0.1) is 10.6 Å². The van der Waals surface area contributed by atoms with Crippen LogP contribution in [-0.4, -0.2) is 17.9 Å². The van der Waals surface area contributed by atoms with E-state index < -0.39 is 0 Å². The number of aliphatic imine (C=N–C) groups is 1. The van der Waals surface area contributed by atoms with Crippen LogP contribution in [0.3, 0.4) is 0 Å². The second-order valence-electron chi connectivity index (χ2n) is 5.40. The monoisotopic (exact) mass is 338 g/mol. The Balaban J connectivity index is 1.62. The SMILES string of the molecule is Cc1cccc(N=C2NC(=O)C(=Cc3cccc4c3OCO4)S2)c1. The molecule has 2 aliphatic heterocycles. The number of rotatable bonds is 2. The number of ether oxygens (including phenoxy) is 2. The van der Waals surface area contributed by atoms with Crippen molar-refractivity contribution in [2.45, 2.75) is 6.92 Å². The van der Waals surface area contributed by atoms with Crippen LogP contribution in [0.4, 0.5) is 5.69 Å². The minimum absolute atomic E-state index is 0.164. The van der Waals surface area contributed by atoms with Crippen molar-refractivity contribution in [2.75, 3.05) is 6.79 Å². The normalized spacial score (nSPS) is 19.1. The zero-order valence-corrected chi connectivity index (χ0v) is 13.7. The number of carbonyl (C=O) groups is 1. The summed E-state index contributed by atoms with van der Waals surface area (Å²) in [6, 6.07) is 13.4. The molecule has 120 valence electrons. The Bertz CT molecular complexity index is 890. The van der Waals surface area contributed by atoms with Crippen LogP contribution < -0.4 is 14.8 Å².